The highest BCUT2D eigenvalue weighted by molar-refractivity contribution is 6.30. The van der Waals surface area contributed by atoms with Gasteiger partial charge in [0.05, 0.1) is 22.0 Å². The number of nitrogens with one attached hydrogen (secondary N) is 1. The molecule has 0 radical (unpaired) electrons. The number of carbonyl (C=O) groups is 2. The summed E-state index contributed by atoms with van der Waals surface area (Å²) in [6, 6.07) is 9.31. The summed E-state index contributed by atoms with van der Waals surface area (Å²) in [5.74, 6) is -2.53. The molecule has 5 rings (SSSR count). The molecule has 0 atom stereocenters. The summed E-state index contributed by atoms with van der Waals surface area (Å²) in [5.41, 5.74) is 0.347. The summed E-state index contributed by atoms with van der Waals surface area (Å²) < 4.78 is 56.0. The van der Waals surface area contributed by atoms with E-state index >= 15 is 4.39 Å². The molecule has 1 aliphatic heterocycles. The van der Waals surface area contributed by atoms with E-state index in [1.54, 1.807) is 44.7 Å². The maximum Gasteiger partial charge on any atom is 0.410 e. The van der Waals surface area contributed by atoms with Crippen LogP contribution in [0.4, 0.5) is 29.3 Å². The van der Waals surface area contributed by atoms with E-state index in [9.17, 15) is 18.4 Å². The standard InChI is InChI=1S/C31H31ClF3N5O4/c1-18-27(40-16-19(32)14-26(28(40)36-18)43-17-21-22(33)6-5-7-23(21)34)29(41)37-20-8-9-25(24(35)15-20)38-10-12-39(13-11-38)30(42)44-31(2,3)4/h5-9,14-16H,10-13,17H2,1-4H3,(H,37,41). The van der Waals surface area contributed by atoms with Gasteiger partial charge in [0.2, 0.25) is 0 Å². The van der Waals surface area contributed by atoms with E-state index in [1.807, 2.05) is 4.90 Å². The lowest BCUT2D eigenvalue weighted by Crippen LogP contribution is -2.50. The van der Waals surface area contributed by atoms with E-state index in [-0.39, 0.29) is 33.4 Å². The second kappa shape index (κ2) is 12.3. The first-order chi connectivity index (χ1) is 20.8. The fourth-order valence-corrected chi connectivity index (χ4v) is 5.08. The largest absolute Gasteiger partial charge is 0.485 e. The van der Waals surface area contributed by atoms with Crippen molar-refractivity contribution in [1.82, 2.24) is 14.3 Å². The van der Waals surface area contributed by atoms with Crippen molar-refractivity contribution in [2.24, 2.45) is 0 Å². The van der Waals surface area contributed by atoms with Crippen LogP contribution < -0.4 is 15.0 Å². The normalized spacial score (nSPS) is 13.7. The van der Waals surface area contributed by atoms with Gasteiger partial charge >= 0.3 is 6.09 Å². The minimum Gasteiger partial charge on any atom is -0.485 e. The van der Waals surface area contributed by atoms with Gasteiger partial charge in [0.15, 0.2) is 11.4 Å². The number of amides is 2. The molecule has 9 nitrogen and oxygen atoms in total. The van der Waals surface area contributed by atoms with Crippen molar-refractivity contribution in [1.29, 1.82) is 0 Å². The molecule has 44 heavy (non-hydrogen) atoms. The topological polar surface area (TPSA) is 88.4 Å². The maximum atomic E-state index is 15.2. The fraction of sp³-hybridized carbons (Fsp3) is 0.323. The number of fused-ring (bicyclic) bond motifs is 1. The third-order valence-corrected chi connectivity index (χ3v) is 7.16. The minimum atomic E-state index is -0.760. The number of carbonyl (C=O) groups excluding carboxylic acids is 2. The first-order valence-electron chi connectivity index (χ1n) is 13.9. The van der Waals surface area contributed by atoms with Crippen LogP contribution in [0.5, 0.6) is 5.75 Å². The van der Waals surface area contributed by atoms with Crippen LogP contribution in [0.3, 0.4) is 0 Å². The summed E-state index contributed by atoms with van der Waals surface area (Å²) >= 11 is 6.29. The Labute approximate surface area is 257 Å². The van der Waals surface area contributed by atoms with Crippen molar-refractivity contribution >= 4 is 40.6 Å². The number of imidazole rings is 1. The number of halogens is 4. The van der Waals surface area contributed by atoms with E-state index in [0.29, 0.717) is 37.6 Å². The lowest BCUT2D eigenvalue weighted by Gasteiger charge is -2.36. The number of nitrogens with zero attached hydrogens (tertiary/aromatic N) is 4. The third-order valence-electron chi connectivity index (χ3n) is 6.95. The van der Waals surface area contributed by atoms with Gasteiger partial charge in [-0.25, -0.2) is 22.9 Å². The molecule has 13 heteroatoms. The highest BCUT2D eigenvalue weighted by Gasteiger charge is 2.27. The summed E-state index contributed by atoms with van der Waals surface area (Å²) in [5, 5.41) is 2.88. The molecule has 0 saturated carbocycles. The van der Waals surface area contributed by atoms with E-state index in [0.717, 1.165) is 12.1 Å². The van der Waals surface area contributed by atoms with Gasteiger partial charge < -0.3 is 24.6 Å². The summed E-state index contributed by atoms with van der Waals surface area (Å²) in [4.78, 5) is 33.5. The van der Waals surface area contributed by atoms with Crippen molar-refractivity contribution in [2.45, 2.75) is 39.9 Å². The number of hydrogen-bond donors (Lipinski definition) is 1. The molecule has 1 N–H and O–H groups in total. The van der Waals surface area contributed by atoms with E-state index < -0.39 is 41.7 Å². The third kappa shape index (κ3) is 6.70. The van der Waals surface area contributed by atoms with E-state index in [4.69, 9.17) is 21.1 Å². The van der Waals surface area contributed by atoms with Crippen molar-refractivity contribution in [2.75, 3.05) is 36.4 Å². The molecule has 0 bridgehead atoms. The van der Waals surface area contributed by atoms with E-state index in [1.165, 1.54) is 28.8 Å². The molecule has 2 aromatic carbocycles. The molecule has 2 aromatic heterocycles. The Morgan fingerprint density at radius 3 is 2.32 bits per heavy atom. The first kappa shape index (κ1) is 31.0. The summed E-state index contributed by atoms with van der Waals surface area (Å²) in [6.45, 7) is 8.17. The molecule has 232 valence electrons. The lowest BCUT2D eigenvalue weighted by atomic mass is 10.2. The van der Waals surface area contributed by atoms with Gasteiger partial charge in [0.1, 0.15) is 35.4 Å². The Balaban J connectivity index is 1.29. The first-order valence-corrected chi connectivity index (χ1v) is 14.3. The predicted molar refractivity (Wildman–Crippen MR) is 160 cm³/mol. The van der Waals surface area contributed by atoms with Gasteiger partial charge in [0.25, 0.3) is 5.91 Å². The second-order valence-corrected chi connectivity index (χ2v) is 11.8. The molecule has 2 amide bonds. The molecule has 0 spiro atoms. The highest BCUT2D eigenvalue weighted by Crippen LogP contribution is 2.29. The minimum absolute atomic E-state index is 0.115. The Morgan fingerprint density at radius 2 is 1.68 bits per heavy atom. The molecular formula is C31H31ClF3N5O4. The number of ether oxygens (including phenoxy) is 2. The van der Waals surface area contributed by atoms with Crippen LogP contribution in [-0.4, -0.2) is 58.1 Å². The quantitative estimate of drug-likeness (QED) is 0.259. The van der Waals surface area contributed by atoms with Crippen molar-refractivity contribution in [3.8, 4) is 5.75 Å². The number of hydrogen-bond acceptors (Lipinski definition) is 6. The molecule has 1 aliphatic rings. The molecule has 3 heterocycles. The van der Waals surface area contributed by atoms with Crippen LogP contribution >= 0.6 is 11.6 Å². The average molecular weight is 630 g/mol. The Kier molecular flexibility index (Phi) is 8.64. The van der Waals surface area contributed by atoms with E-state index in [2.05, 4.69) is 10.3 Å². The van der Waals surface area contributed by atoms with Crippen molar-refractivity contribution in [3.63, 3.8) is 0 Å². The van der Waals surface area contributed by atoms with Crippen LogP contribution in [0.25, 0.3) is 5.65 Å². The Bertz CT molecular complexity index is 1710. The number of anilines is 2. The van der Waals surface area contributed by atoms with Crippen LogP contribution in [-0.2, 0) is 11.3 Å². The number of benzene rings is 2. The zero-order valence-electron chi connectivity index (χ0n) is 24.6. The summed E-state index contributed by atoms with van der Waals surface area (Å²) in [6.07, 6.45) is 1.06. The number of aromatic nitrogens is 2. The van der Waals surface area contributed by atoms with Crippen LogP contribution in [0.15, 0.2) is 48.7 Å². The average Bonchev–Trinajstić information content (AvgIpc) is 3.27. The van der Waals surface area contributed by atoms with Gasteiger partial charge in [-0.05, 0) is 58.0 Å². The second-order valence-electron chi connectivity index (χ2n) is 11.3. The number of pyridine rings is 1. The molecule has 4 aromatic rings. The predicted octanol–water partition coefficient (Wildman–Crippen LogP) is 6.60. The molecule has 0 unspecified atom stereocenters. The van der Waals surface area contributed by atoms with Gasteiger partial charge in [-0.15, -0.1) is 0 Å². The molecule has 0 aliphatic carbocycles. The molecular weight excluding hydrogens is 599 g/mol. The van der Waals surface area contributed by atoms with Crippen LogP contribution in [0.2, 0.25) is 5.02 Å². The van der Waals surface area contributed by atoms with Crippen LogP contribution in [0, 0.1) is 24.4 Å². The van der Waals surface area contributed by atoms with Gasteiger partial charge in [-0.2, -0.15) is 0 Å². The van der Waals surface area contributed by atoms with Crippen LogP contribution in [0.1, 0.15) is 42.5 Å². The number of aryl methyl sites for hydroxylation is 1. The lowest BCUT2D eigenvalue weighted by molar-refractivity contribution is 0.0240. The Morgan fingerprint density at radius 1 is 1.00 bits per heavy atom. The molecule has 1 fully saturated rings. The smallest absolute Gasteiger partial charge is 0.410 e. The van der Waals surface area contributed by atoms with Gasteiger partial charge in [-0.1, -0.05) is 17.7 Å². The van der Waals surface area contributed by atoms with Gasteiger partial charge in [0, 0.05) is 44.1 Å². The zero-order valence-corrected chi connectivity index (χ0v) is 25.3. The SMILES string of the molecule is Cc1nc2c(OCc3c(F)cccc3F)cc(Cl)cn2c1C(=O)Nc1ccc(N2CCN(C(=O)OC(C)(C)C)CC2)c(F)c1. The monoisotopic (exact) mass is 629 g/mol. The molecule has 1 saturated heterocycles. The highest BCUT2D eigenvalue weighted by atomic mass is 35.5. The van der Waals surface area contributed by atoms with Crippen molar-refractivity contribution in [3.05, 3.63) is 88.1 Å². The number of piperazine rings is 1. The summed E-state index contributed by atoms with van der Waals surface area (Å²) in [7, 11) is 0. The maximum absolute atomic E-state index is 15.2. The van der Waals surface area contributed by atoms with Gasteiger partial charge in [-0.3, -0.25) is 9.20 Å². The van der Waals surface area contributed by atoms with Crippen molar-refractivity contribution < 1.29 is 32.2 Å². The fourth-order valence-electron chi connectivity index (χ4n) is 4.88. The Hall–Kier alpha value is -4.45. The number of rotatable bonds is 6. The zero-order chi connectivity index (χ0) is 31.8.